The molecule has 90 heavy (non-hydrogen) atoms. The number of esters is 4. The topological polar surface area (TPSA) is 237 Å². The van der Waals surface area contributed by atoms with Crippen LogP contribution in [0.5, 0.6) is 0 Å². The Labute approximate surface area is 549 Å². The van der Waals surface area contributed by atoms with E-state index in [1.165, 1.54) is 173 Å². The van der Waals surface area contributed by atoms with Crippen LogP contribution >= 0.6 is 15.6 Å². The summed E-state index contributed by atoms with van der Waals surface area (Å²) in [5.41, 5.74) is 0. The molecule has 19 heteroatoms. The quantitative estimate of drug-likeness (QED) is 0.0222. The molecule has 0 radical (unpaired) electrons. The minimum atomic E-state index is -4.95. The third-order valence-corrected chi connectivity index (χ3v) is 18.7. The average molecular weight is 1330 g/mol. The second-order valence-corrected chi connectivity index (χ2v) is 29.3. The second-order valence-electron chi connectivity index (χ2n) is 26.3. The van der Waals surface area contributed by atoms with Crippen LogP contribution in [0.3, 0.4) is 0 Å². The maximum absolute atomic E-state index is 13.0. The van der Waals surface area contributed by atoms with Gasteiger partial charge in [0.05, 0.1) is 26.4 Å². The van der Waals surface area contributed by atoms with E-state index in [0.29, 0.717) is 25.7 Å². The number of hydrogen-bond donors (Lipinski definition) is 3. The molecule has 534 valence electrons. The summed E-state index contributed by atoms with van der Waals surface area (Å²) < 4.78 is 68.2. The number of aliphatic hydroxyl groups is 1. The summed E-state index contributed by atoms with van der Waals surface area (Å²) in [6.45, 7) is 9.58. The molecule has 0 saturated carbocycles. The van der Waals surface area contributed by atoms with E-state index in [0.717, 1.165) is 108 Å². The fourth-order valence-corrected chi connectivity index (χ4v) is 12.3. The summed E-state index contributed by atoms with van der Waals surface area (Å²) in [5.74, 6) is -0.513. The summed E-state index contributed by atoms with van der Waals surface area (Å²) >= 11 is 0. The lowest BCUT2D eigenvalue weighted by molar-refractivity contribution is -0.161. The fraction of sp³-hybridized carbons (Fsp3) is 0.944. The Morgan fingerprint density at radius 3 is 0.844 bits per heavy atom. The minimum absolute atomic E-state index is 0.106. The zero-order valence-electron chi connectivity index (χ0n) is 58.4. The number of rotatable bonds is 70. The number of ether oxygens (including phenoxy) is 4. The van der Waals surface area contributed by atoms with Crippen molar-refractivity contribution in [1.82, 2.24) is 0 Å². The normalized spacial score (nSPS) is 14.4. The van der Waals surface area contributed by atoms with Crippen LogP contribution in [0.1, 0.15) is 363 Å². The largest absolute Gasteiger partial charge is 0.472 e. The Balaban J connectivity index is 5.21. The van der Waals surface area contributed by atoms with Crippen LogP contribution in [0.2, 0.25) is 0 Å². The molecule has 0 amide bonds. The standard InChI is InChI=1S/C71H138O17P2/c1-7-10-12-14-16-18-30-37-43-49-55-70(75)87-66(59-81-68(73)53-47-41-35-17-15-13-11-8-2)61-85-89(77,78)83-57-65(72)58-84-90(79,80)86-62-67(60-82-69(74)54-48-42-36-31-27-26-29-34-40-46-52-64(6)9-3)88-71(76)56-50-44-38-32-25-23-21-19-20-22-24-28-33-39-45-51-63(4)5/h63-67,72H,7-62H2,1-6H3,(H,77,78)(H,79,80)/t64?,65-,66+,67+/m0/s1. The molecule has 0 aliphatic heterocycles. The van der Waals surface area contributed by atoms with E-state index in [1.54, 1.807) is 0 Å². The zero-order chi connectivity index (χ0) is 66.5. The maximum Gasteiger partial charge on any atom is 0.472 e. The Kier molecular flexibility index (Phi) is 61.8. The van der Waals surface area contributed by atoms with Crippen LogP contribution in [0.15, 0.2) is 0 Å². The highest BCUT2D eigenvalue weighted by atomic mass is 31.2. The molecule has 0 spiro atoms. The molecule has 0 aliphatic rings. The van der Waals surface area contributed by atoms with Crippen molar-refractivity contribution < 1.29 is 80.2 Å². The zero-order valence-corrected chi connectivity index (χ0v) is 60.2. The van der Waals surface area contributed by atoms with E-state index in [4.69, 9.17) is 37.0 Å². The van der Waals surface area contributed by atoms with E-state index in [9.17, 15) is 43.2 Å². The molecule has 3 N–H and O–H groups in total. The van der Waals surface area contributed by atoms with Gasteiger partial charge in [-0.15, -0.1) is 0 Å². The SMILES string of the molecule is CCCCCCCCCCCCC(=O)O[C@H](COC(=O)CCCCCCCCCC)COP(=O)(O)OC[C@H](O)COP(=O)(O)OC[C@@H](COC(=O)CCCCCCCCCCCCC(C)CC)OC(=O)CCCCCCCCCCCCCCCCCC(C)C. The molecule has 0 fully saturated rings. The first-order chi connectivity index (χ1) is 43.4. The Bertz CT molecular complexity index is 1750. The monoisotopic (exact) mass is 1320 g/mol. The minimum Gasteiger partial charge on any atom is -0.462 e. The van der Waals surface area contributed by atoms with Gasteiger partial charge in [0.1, 0.15) is 19.3 Å². The van der Waals surface area contributed by atoms with Gasteiger partial charge in [0.2, 0.25) is 0 Å². The molecule has 0 aromatic carbocycles. The van der Waals surface area contributed by atoms with Gasteiger partial charge < -0.3 is 33.8 Å². The summed E-state index contributed by atoms with van der Waals surface area (Å²) in [4.78, 5) is 72.5. The smallest absolute Gasteiger partial charge is 0.462 e. The molecule has 0 bridgehead atoms. The van der Waals surface area contributed by atoms with Crippen LogP contribution < -0.4 is 0 Å². The molecule has 3 unspecified atom stereocenters. The molecular weight excluding hydrogens is 1190 g/mol. The number of carbonyl (C=O) groups is 4. The van der Waals surface area contributed by atoms with Gasteiger partial charge in [0.25, 0.3) is 0 Å². The molecular formula is C71H138O17P2. The molecule has 6 atom stereocenters. The first-order valence-corrected chi connectivity index (χ1v) is 40.0. The van der Waals surface area contributed by atoms with Crippen LogP contribution in [0.4, 0.5) is 0 Å². The van der Waals surface area contributed by atoms with E-state index < -0.39 is 97.5 Å². The van der Waals surface area contributed by atoms with Crippen molar-refractivity contribution in [3.05, 3.63) is 0 Å². The second kappa shape index (κ2) is 63.1. The van der Waals surface area contributed by atoms with Crippen molar-refractivity contribution in [3.63, 3.8) is 0 Å². The van der Waals surface area contributed by atoms with Gasteiger partial charge in [0.15, 0.2) is 12.2 Å². The van der Waals surface area contributed by atoms with Gasteiger partial charge >= 0.3 is 39.5 Å². The van der Waals surface area contributed by atoms with Crippen LogP contribution in [0, 0.1) is 11.8 Å². The number of aliphatic hydroxyl groups excluding tert-OH is 1. The number of phosphoric ester groups is 2. The van der Waals surface area contributed by atoms with E-state index in [2.05, 4.69) is 41.5 Å². The highest BCUT2D eigenvalue weighted by Gasteiger charge is 2.30. The fourth-order valence-electron chi connectivity index (χ4n) is 10.7. The van der Waals surface area contributed by atoms with Crippen molar-refractivity contribution in [2.45, 2.75) is 381 Å². The molecule has 0 aliphatic carbocycles. The molecule has 17 nitrogen and oxygen atoms in total. The summed E-state index contributed by atoms with van der Waals surface area (Å²) in [5, 5.41) is 10.6. The molecule has 0 heterocycles. The predicted octanol–water partition coefficient (Wildman–Crippen LogP) is 20.4. The average Bonchev–Trinajstić information content (AvgIpc) is 3.16. The third kappa shape index (κ3) is 63.5. The third-order valence-electron chi connectivity index (χ3n) is 16.8. The van der Waals surface area contributed by atoms with Crippen molar-refractivity contribution in [2.75, 3.05) is 39.6 Å². The number of carbonyl (C=O) groups excluding carboxylic acids is 4. The van der Waals surface area contributed by atoms with Gasteiger partial charge in [-0.2, -0.15) is 0 Å². The van der Waals surface area contributed by atoms with Crippen molar-refractivity contribution in [3.8, 4) is 0 Å². The van der Waals surface area contributed by atoms with E-state index in [1.807, 2.05) is 0 Å². The number of phosphoric acid groups is 2. The lowest BCUT2D eigenvalue weighted by Crippen LogP contribution is -2.30. The van der Waals surface area contributed by atoms with Gasteiger partial charge in [-0.1, -0.05) is 311 Å². The molecule has 0 aromatic heterocycles. The Morgan fingerprint density at radius 2 is 0.567 bits per heavy atom. The van der Waals surface area contributed by atoms with Crippen molar-refractivity contribution in [1.29, 1.82) is 0 Å². The summed E-state index contributed by atoms with van der Waals surface area (Å²) in [6.07, 6.45) is 48.5. The van der Waals surface area contributed by atoms with Gasteiger partial charge in [-0.05, 0) is 37.5 Å². The van der Waals surface area contributed by atoms with Gasteiger partial charge in [-0.25, -0.2) is 9.13 Å². The molecule has 0 saturated heterocycles. The Hall–Kier alpha value is -1.94. The first kappa shape index (κ1) is 88.1. The van der Waals surface area contributed by atoms with Gasteiger partial charge in [0, 0.05) is 25.7 Å². The van der Waals surface area contributed by atoms with Crippen LogP contribution in [0.25, 0.3) is 0 Å². The van der Waals surface area contributed by atoms with E-state index >= 15 is 0 Å². The molecule has 0 rings (SSSR count). The summed E-state index contributed by atoms with van der Waals surface area (Å²) in [6, 6.07) is 0. The van der Waals surface area contributed by atoms with Crippen molar-refractivity contribution >= 4 is 39.5 Å². The Morgan fingerprint density at radius 1 is 0.322 bits per heavy atom. The maximum atomic E-state index is 13.0. The first-order valence-electron chi connectivity index (χ1n) is 37.0. The number of unbranched alkanes of at least 4 members (excludes halogenated alkanes) is 39. The number of hydrogen-bond acceptors (Lipinski definition) is 15. The predicted molar refractivity (Wildman–Crippen MR) is 363 cm³/mol. The lowest BCUT2D eigenvalue weighted by Gasteiger charge is -2.21. The van der Waals surface area contributed by atoms with Crippen LogP contribution in [-0.4, -0.2) is 96.7 Å². The van der Waals surface area contributed by atoms with Crippen molar-refractivity contribution in [2.24, 2.45) is 11.8 Å². The summed E-state index contributed by atoms with van der Waals surface area (Å²) in [7, 11) is -9.90. The molecule has 0 aromatic rings. The highest BCUT2D eigenvalue weighted by molar-refractivity contribution is 7.47. The van der Waals surface area contributed by atoms with E-state index in [-0.39, 0.29) is 25.7 Å². The highest BCUT2D eigenvalue weighted by Crippen LogP contribution is 2.45. The van der Waals surface area contributed by atoms with Gasteiger partial charge in [-0.3, -0.25) is 37.3 Å². The lowest BCUT2D eigenvalue weighted by atomic mass is 9.99. The van der Waals surface area contributed by atoms with Crippen LogP contribution in [-0.2, 0) is 65.4 Å².